The molecule has 4 heterocycles. The SMILES string of the molecule is CC[C@@H]1CC[C@@H]2[C@H](CC[C@]3(C)C(c4cccnc4)=CC[C@@H]23)[C@@]1(C)CCN.CC[C@@H]1CC[C@@H]2[C@H](CC[C@]3(C)C(c4cccnc4)=CC[C@@H]23)[C@@]1(C)CCN=[N+]=[N-].C[C@]12CCNC(=O)C[C@@H]1CC[C@@H]1[C@@H]2CC[C@]2(C)C(c3cccnc3)=CC[C@@H]12.O=C=O.[I-].[K+]. The number of azide groups is 1. The van der Waals surface area contributed by atoms with Crippen LogP contribution in [-0.4, -0.2) is 46.6 Å². The number of amides is 1. The van der Waals surface area contributed by atoms with Crippen molar-refractivity contribution in [3.63, 3.8) is 0 Å². The number of carbonyl (C=O) groups excluding carboxylic acids is 3. The van der Waals surface area contributed by atoms with Crippen molar-refractivity contribution in [2.24, 2.45) is 114 Å². The molecule has 7 fully saturated rings. The minimum atomic E-state index is 0. The van der Waals surface area contributed by atoms with Crippen molar-refractivity contribution in [2.45, 2.75) is 190 Å². The molecule has 1 saturated heterocycles. The summed E-state index contributed by atoms with van der Waals surface area (Å²) in [5.41, 5.74) is 25.5. The van der Waals surface area contributed by atoms with E-state index in [1.807, 2.05) is 31.0 Å². The number of nitrogens with zero attached hydrogens (tertiary/aromatic N) is 6. The standard InChI is InChI=1S/C24H34N4.C24H32N2O.C24H36N2.CO2.HI.K/c1-4-18-7-8-19-21-10-9-20(17-6-5-14-26-16-17)24(21,3)12-11-22(19)23(18,2)13-15-27-28-25;1-23-11-13-26-22(27)14-17(23)5-6-18-20-8-7-19(16-4-3-12-25-15-16)24(20,2)10-9-21(18)23;1-4-18-7-8-19-21-10-9-20(17-6-5-15-26-16-17)24(21,3)12-11-22(19)23(18,2)13-14-25;2-1-3;;/h5-6,9,14,16,18-19,21-22H,4,7-8,10-13,15H2,1-3H3;3-4,7,12,15,17-18,20-21H,5-6,8-11,13-14H2,1-2H3,(H,26,27);5-6,9,15-16,18-19,21-22H,4,7-8,10-14,25H2,1-3H3;;1H;/q;;;;;+1/p-1/t18-,19+,21+,22+,23+,24-;17-,18-,20-,21-,23-,24+;18-,19+,21+,22+,23+,24-;;;/m101.../s1. The van der Waals surface area contributed by atoms with E-state index in [4.69, 9.17) is 20.9 Å². The van der Waals surface area contributed by atoms with E-state index in [0.29, 0.717) is 39.5 Å². The largest absolute Gasteiger partial charge is 1.00 e. The molecule has 1 amide bonds. The van der Waals surface area contributed by atoms with Crippen LogP contribution in [0, 0.1) is 104 Å². The number of hydrogen-bond donors (Lipinski definition) is 2. The number of carbonyl (C=O) groups is 1. The summed E-state index contributed by atoms with van der Waals surface area (Å²) in [5.74, 6) is 9.70. The van der Waals surface area contributed by atoms with Gasteiger partial charge in [-0.25, -0.2) is 0 Å². The molecule has 0 aromatic carbocycles. The van der Waals surface area contributed by atoms with Crippen LogP contribution in [0.2, 0.25) is 0 Å². The molecule has 0 radical (unpaired) electrons. The van der Waals surface area contributed by atoms with E-state index in [2.05, 4.69) is 147 Å². The zero-order valence-electron chi connectivity index (χ0n) is 53.9. The van der Waals surface area contributed by atoms with E-state index in [1.165, 1.54) is 138 Å². The fourth-order valence-corrected chi connectivity index (χ4v) is 22.5. The Morgan fingerprint density at radius 2 is 1.01 bits per heavy atom. The summed E-state index contributed by atoms with van der Waals surface area (Å²) in [6.07, 6.45) is 46.0. The van der Waals surface area contributed by atoms with Gasteiger partial charge in [0.25, 0.3) is 0 Å². The number of pyridine rings is 3. The maximum Gasteiger partial charge on any atom is 1.00 e. The van der Waals surface area contributed by atoms with E-state index < -0.39 is 0 Å². The quantitative estimate of drug-likeness (QED) is 0.0667. The van der Waals surface area contributed by atoms with Gasteiger partial charge in [0.05, 0.1) is 0 Å². The minimum absolute atomic E-state index is 0. The van der Waals surface area contributed by atoms with Crippen LogP contribution in [0.15, 0.2) is 96.9 Å². The Morgan fingerprint density at radius 1 is 0.605 bits per heavy atom. The molecule has 13 rings (SSSR count). The first-order chi connectivity index (χ1) is 40.5. The zero-order chi connectivity index (χ0) is 59.5. The number of nitrogens with two attached hydrogens (primary N) is 1. The Balaban J connectivity index is 0.000000162. The molecule has 9 aliphatic carbocycles. The number of halogens is 1. The van der Waals surface area contributed by atoms with E-state index in [-0.39, 0.29) is 92.8 Å². The van der Waals surface area contributed by atoms with Crippen LogP contribution in [0.25, 0.3) is 27.2 Å². The Hall–Kier alpha value is -2.84. The first-order valence-corrected chi connectivity index (χ1v) is 33.3. The first-order valence-electron chi connectivity index (χ1n) is 33.3. The van der Waals surface area contributed by atoms with Gasteiger partial charge in [-0.1, -0.05) is 110 Å². The van der Waals surface area contributed by atoms with Crippen molar-refractivity contribution >= 4 is 28.8 Å². The second kappa shape index (κ2) is 29.2. The second-order valence-corrected chi connectivity index (χ2v) is 29.6. The van der Waals surface area contributed by atoms with Gasteiger partial charge < -0.3 is 35.0 Å². The van der Waals surface area contributed by atoms with Gasteiger partial charge in [0.15, 0.2) is 0 Å². The van der Waals surface area contributed by atoms with Crippen molar-refractivity contribution in [3.8, 4) is 0 Å². The summed E-state index contributed by atoms with van der Waals surface area (Å²) in [6.45, 7) is 22.3. The van der Waals surface area contributed by atoms with Crippen LogP contribution in [-0.2, 0) is 14.4 Å². The molecule has 3 N–H and O–H groups in total. The van der Waals surface area contributed by atoms with Gasteiger partial charge in [-0.2, -0.15) is 9.59 Å². The molecule has 18 atom stereocenters. The third-order valence-corrected chi connectivity index (χ3v) is 26.8. The summed E-state index contributed by atoms with van der Waals surface area (Å²) in [5, 5.41) is 7.06. The molecule has 10 aliphatic rings. The maximum absolute atomic E-state index is 12.1. The van der Waals surface area contributed by atoms with E-state index in [0.717, 1.165) is 97.4 Å². The van der Waals surface area contributed by atoms with Crippen LogP contribution >= 0.6 is 0 Å². The molecule has 3 aromatic rings. The molecule has 460 valence electrons. The molecular weight excluding hydrogens is 1200 g/mol. The summed E-state index contributed by atoms with van der Waals surface area (Å²) >= 11 is 0. The fraction of sp³-hybridized carbons (Fsp3) is 0.685. The van der Waals surface area contributed by atoms with E-state index in [1.54, 1.807) is 11.1 Å². The van der Waals surface area contributed by atoms with Gasteiger partial charge in [0.1, 0.15) is 0 Å². The molecule has 6 saturated carbocycles. The van der Waals surface area contributed by atoms with Gasteiger partial charge >= 0.3 is 57.5 Å². The van der Waals surface area contributed by atoms with Crippen LogP contribution < -0.4 is 86.4 Å². The molecular formula is C73H102IKN8O3. The van der Waals surface area contributed by atoms with Crippen LogP contribution in [0.5, 0.6) is 0 Å². The van der Waals surface area contributed by atoms with Gasteiger partial charge in [-0.3, -0.25) is 19.7 Å². The number of rotatable bonds is 10. The normalized spacial score (nSPS) is 39.4. The summed E-state index contributed by atoms with van der Waals surface area (Å²) in [6, 6.07) is 12.9. The molecule has 1 aliphatic heterocycles. The zero-order valence-corrected chi connectivity index (χ0v) is 59.2. The number of hydrogen-bond acceptors (Lipinski definition) is 8. The van der Waals surface area contributed by atoms with Crippen molar-refractivity contribution < 1.29 is 89.7 Å². The fourth-order valence-electron chi connectivity index (χ4n) is 22.5. The molecule has 0 bridgehead atoms. The molecule has 3 aromatic heterocycles. The minimum Gasteiger partial charge on any atom is -1.00 e. The first kappa shape index (κ1) is 69.1. The summed E-state index contributed by atoms with van der Waals surface area (Å²) < 4.78 is 0. The van der Waals surface area contributed by atoms with Gasteiger partial charge in [-0.15, -0.1) is 0 Å². The Bertz CT molecular complexity index is 2950. The molecule has 13 heteroatoms. The Kier molecular flexibility index (Phi) is 23.4. The molecule has 11 nitrogen and oxygen atoms in total. The van der Waals surface area contributed by atoms with Crippen molar-refractivity contribution in [1.82, 2.24) is 20.3 Å². The third-order valence-electron chi connectivity index (χ3n) is 26.8. The number of aromatic nitrogens is 3. The smallest absolute Gasteiger partial charge is 1.00 e. The molecule has 0 unspecified atom stereocenters. The topological polar surface area (TPSA) is 177 Å². The molecule has 86 heavy (non-hydrogen) atoms. The van der Waals surface area contributed by atoms with Gasteiger partial charge in [0.2, 0.25) is 5.91 Å². The van der Waals surface area contributed by atoms with Crippen molar-refractivity contribution in [2.75, 3.05) is 19.6 Å². The van der Waals surface area contributed by atoms with Gasteiger partial charge in [0, 0.05) is 61.6 Å². The maximum atomic E-state index is 12.1. The average molecular weight is 1310 g/mol. The number of allylic oxidation sites excluding steroid dienone is 6. The van der Waals surface area contributed by atoms with Crippen molar-refractivity contribution in [1.29, 1.82) is 0 Å². The Morgan fingerprint density at radius 3 is 1.41 bits per heavy atom. The van der Waals surface area contributed by atoms with E-state index >= 15 is 0 Å². The number of nitrogens with one attached hydrogen (secondary N) is 1. The molecule has 0 spiro atoms. The Labute approximate surface area is 576 Å². The predicted molar refractivity (Wildman–Crippen MR) is 337 cm³/mol. The monoisotopic (exact) mass is 1300 g/mol. The van der Waals surface area contributed by atoms with E-state index in [9.17, 15) is 4.79 Å². The van der Waals surface area contributed by atoms with Crippen LogP contribution in [0.3, 0.4) is 0 Å². The van der Waals surface area contributed by atoms with Crippen LogP contribution in [0.1, 0.15) is 207 Å². The summed E-state index contributed by atoms with van der Waals surface area (Å²) in [7, 11) is 0. The third kappa shape index (κ3) is 12.8. The van der Waals surface area contributed by atoms with Crippen molar-refractivity contribution in [3.05, 3.63) is 119 Å². The summed E-state index contributed by atoms with van der Waals surface area (Å²) in [4.78, 5) is 44.6. The van der Waals surface area contributed by atoms with Gasteiger partial charge in [-0.05, 0) is 283 Å². The predicted octanol–water partition coefficient (Wildman–Crippen LogP) is 11.0. The average Bonchev–Trinajstić information content (AvgIpc) is 1.44. The second-order valence-electron chi connectivity index (χ2n) is 29.6. The van der Waals surface area contributed by atoms with Crippen LogP contribution in [0.4, 0.5) is 0 Å². The number of fused-ring (bicyclic) bond motifs is 11.